The Morgan fingerprint density at radius 2 is 2.05 bits per heavy atom. The normalized spacial score (nSPS) is 12.8. The van der Waals surface area contributed by atoms with Crippen molar-refractivity contribution in [2.24, 2.45) is 5.92 Å². The van der Waals surface area contributed by atoms with Crippen LogP contribution >= 0.6 is 11.6 Å². The number of hydrogen-bond donors (Lipinski definition) is 1. The smallest absolute Gasteiger partial charge is 0.228 e. The van der Waals surface area contributed by atoms with Gasteiger partial charge in [-0.05, 0) is 31.5 Å². The molecule has 0 saturated carbocycles. The average Bonchev–Trinajstić information content (AvgIpc) is 2.86. The van der Waals surface area contributed by atoms with Crippen LogP contribution in [0.4, 0.5) is 0 Å². The van der Waals surface area contributed by atoms with E-state index in [0.717, 1.165) is 18.4 Å². The first-order valence-electron chi connectivity index (χ1n) is 6.85. The molecule has 20 heavy (non-hydrogen) atoms. The highest BCUT2D eigenvalue weighted by molar-refractivity contribution is 6.33. The van der Waals surface area contributed by atoms with Crippen molar-refractivity contribution in [1.29, 1.82) is 0 Å². The number of nitrogens with one attached hydrogen (secondary N) is 1. The zero-order valence-electron chi connectivity index (χ0n) is 12.1. The van der Waals surface area contributed by atoms with Gasteiger partial charge in [0.1, 0.15) is 0 Å². The summed E-state index contributed by atoms with van der Waals surface area (Å²) in [7, 11) is 1.96. The molecule has 0 radical (unpaired) electrons. The van der Waals surface area contributed by atoms with Gasteiger partial charge in [-0.3, -0.25) is 0 Å². The monoisotopic (exact) mass is 293 g/mol. The molecule has 0 spiro atoms. The molecular formula is C15H20ClN3O. The second-order valence-electron chi connectivity index (χ2n) is 5.31. The van der Waals surface area contributed by atoms with Gasteiger partial charge in [-0.2, -0.15) is 4.98 Å². The van der Waals surface area contributed by atoms with Gasteiger partial charge in [0.2, 0.25) is 11.7 Å². The Hall–Kier alpha value is -1.39. The van der Waals surface area contributed by atoms with Crippen molar-refractivity contribution >= 4 is 11.6 Å². The van der Waals surface area contributed by atoms with E-state index in [1.165, 1.54) is 0 Å². The van der Waals surface area contributed by atoms with Gasteiger partial charge in [0.25, 0.3) is 0 Å². The van der Waals surface area contributed by atoms with E-state index in [4.69, 9.17) is 16.1 Å². The number of nitrogens with zero attached hydrogens (tertiary/aromatic N) is 2. The third-order valence-electron chi connectivity index (χ3n) is 3.17. The lowest BCUT2D eigenvalue weighted by Gasteiger charge is -2.15. The van der Waals surface area contributed by atoms with Crippen molar-refractivity contribution in [3.05, 3.63) is 35.2 Å². The molecule has 5 heteroatoms. The molecule has 1 aromatic heterocycles. The lowest BCUT2D eigenvalue weighted by molar-refractivity contribution is 0.345. The summed E-state index contributed by atoms with van der Waals surface area (Å²) >= 11 is 6.14. The fourth-order valence-corrected chi connectivity index (χ4v) is 2.39. The second-order valence-corrected chi connectivity index (χ2v) is 5.72. The van der Waals surface area contributed by atoms with E-state index in [1.54, 1.807) is 0 Å². The number of rotatable bonds is 6. The predicted molar refractivity (Wildman–Crippen MR) is 80.8 cm³/mol. The molecule has 0 fully saturated rings. The molecule has 0 bridgehead atoms. The standard InChI is InChI=1S/C15H20ClN3O/c1-10(2)8-11(17-3)9-14-18-15(19-20-14)12-6-4-5-7-13(12)16/h4-7,10-11,17H,8-9H2,1-3H3. The van der Waals surface area contributed by atoms with Crippen LogP contribution in [-0.4, -0.2) is 23.2 Å². The summed E-state index contributed by atoms with van der Waals surface area (Å²) in [4.78, 5) is 4.43. The molecule has 1 unspecified atom stereocenters. The molecule has 1 heterocycles. The molecule has 1 N–H and O–H groups in total. The number of halogens is 1. The second kappa shape index (κ2) is 6.86. The minimum absolute atomic E-state index is 0.342. The summed E-state index contributed by atoms with van der Waals surface area (Å²) in [5.41, 5.74) is 0.800. The molecule has 108 valence electrons. The van der Waals surface area contributed by atoms with Gasteiger partial charge in [0.05, 0.1) is 5.02 Å². The Bertz CT molecular complexity index is 554. The number of hydrogen-bond acceptors (Lipinski definition) is 4. The van der Waals surface area contributed by atoms with Gasteiger partial charge in [-0.25, -0.2) is 0 Å². The number of aromatic nitrogens is 2. The van der Waals surface area contributed by atoms with Crippen LogP contribution in [0.2, 0.25) is 5.02 Å². The van der Waals surface area contributed by atoms with Gasteiger partial charge in [0, 0.05) is 18.0 Å². The first kappa shape index (κ1) is 15.0. The van der Waals surface area contributed by atoms with Crippen LogP contribution in [0.25, 0.3) is 11.4 Å². The minimum Gasteiger partial charge on any atom is -0.339 e. The Morgan fingerprint density at radius 1 is 1.30 bits per heavy atom. The van der Waals surface area contributed by atoms with Crippen molar-refractivity contribution in [2.75, 3.05) is 7.05 Å². The Morgan fingerprint density at radius 3 is 2.70 bits per heavy atom. The Kier molecular flexibility index (Phi) is 5.15. The topological polar surface area (TPSA) is 51.0 Å². The van der Waals surface area contributed by atoms with Crippen molar-refractivity contribution in [3.8, 4) is 11.4 Å². The first-order chi connectivity index (χ1) is 9.60. The highest BCUT2D eigenvalue weighted by atomic mass is 35.5. The lowest BCUT2D eigenvalue weighted by atomic mass is 10.0. The van der Waals surface area contributed by atoms with Crippen LogP contribution in [0.3, 0.4) is 0 Å². The van der Waals surface area contributed by atoms with E-state index >= 15 is 0 Å². The van der Waals surface area contributed by atoms with E-state index in [-0.39, 0.29) is 0 Å². The summed E-state index contributed by atoms with van der Waals surface area (Å²) < 4.78 is 5.33. The molecule has 0 aliphatic heterocycles. The predicted octanol–water partition coefficient (Wildman–Crippen LogP) is 3.57. The molecule has 0 saturated heterocycles. The zero-order chi connectivity index (χ0) is 14.5. The SMILES string of the molecule is CNC(Cc1nc(-c2ccccc2Cl)no1)CC(C)C. The molecule has 0 aliphatic carbocycles. The summed E-state index contributed by atoms with van der Waals surface area (Å²) in [5, 5.41) is 7.94. The first-order valence-corrected chi connectivity index (χ1v) is 7.22. The maximum absolute atomic E-state index is 6.14. The average molecular weight is 294 g/mol. The molecule has 0 aliphatic rings. The maximum Gasteiger partial charge on any atom is 0.228 e. The van der Waals surface area contributed by atoms with E-state index in [0.29, 0.717) is 28.7 Å². The highest BCUT2D eigenvalue weighted by Gasteiger charge is 2.16. The quantitative estimate of drug-likeness (QED) is 0.884. The van der Waals surface area contributed by atoms with E-state index < -0.39 is 0 Å². The fraction of sp³-hybridized carbons (Fsp3) is 0.467. The van der Waals surface area contributed by atoms with Gasteiger partial charge in [-0.15, -0.1) is 0 Å². The van der Waals surface area contributed by atoms with Crippen molar-refractivity contribution in [2.45, 2.75) is 32.7 Å². The summed E-state index contributed by atoms with van der Waals surface area (Å²) in [6.07, 6.45) is 1.80. The van der Waals surface area contributed by atoms with E-state index in [9.17, 15) is 0 Å². The summed E-state index contributed by atoms with van der Waals surface area (Å²) in [5.74, 6) is 1.81. The maximum atomic E-state index is 6.14. The third-order valence-corrected chi connectivity index (χ3v) is 3.50. The zero-order valence-corrected chi connectivity index (χ0v) is 12.8. The third kappa shape index (κ3) is 3.81. The van der Waals surface area contributed by atoms with Crippen LogP contribution < -0.4 is 5.32 Å². The van der Waals surface area contributed by atoms with Crippen LogP contribution in [0.5, 0.6) is 0 Å². The van der Waals surface area contributed by atoms with Crippen molar-refractivity contribution in [3.63, 3.8) is 0 Å². The van der Waals surface area contributed by atoms with E-state index in [1.807, 2.05) is 31.3 Å². The van der Waals surface area contributed by atoms with Crippen molar-refractivity contribution < 1.29 is 4.52 Å². The summed E-state index contributed by atoms with van der Waals surface area (Å²) in [6, 6.07) is 7.84. The Balaban J connectivity index is 2.11. The Labute approximate surface area is 124 Å². The van der Waals surface area contributed by atoms with Crippen molar-refractivity contribution in [1.82, 2.24) is 15.5 Å². The van der Waals surface area contributed by atoms with Crippen LogP contribution in [0.1, 0.15) is 26.2 Å². The van der Waals surface area contributed by atoms with Gasteiger partial charge >= 0.3 is 0 Å². The molecule has 1 atom stereocenters. The van der Waals surface area contributed by atoms with Crippen LogP contribution in [0.15, 0.2) is 28.8 Å². The molecule has 2 aromatic rings. The molecular weight excluding hydrogens is 274 g/mol. The molecule has 0 amide bonds. The van der Waals surface area contributed by atoms with Gasteiger partial charge < -0.3 is 9.84 Å². The fourth-order valence-electron chi connectivity index (χ4n) is 2.17. The molecule has 1 aromatic carbocycles. The number of benzene rings is 1. The van der Waals surface area contributed by atoms with Crippen LogP contribution in [-0.2, 0) is 6.42 Å². The van der Waals surface area contributed by atoms with Gasteiger partial charge in [-0.1, -0.05) is 42.7 Å². The lowest BCUT2D eigenvalue weighted by Crippen LogP contribution is -2.29. The van der Waals surface area contributed by atoms with E-state index in [2.05, 4.69) is 29.3 Å². The highest BCUT2D eigenvalue weighted by Crippen LogP contribution is 2.25. The summed E-state index contributed by atoms with van der Waals surface area (Å²) in [6.45, 7) is 4.40. The van der Waals surface area contributed by atoms with Gasteiger partial charge in [0.15, 0.2) is 0 Å². The number of likely N-dealkylation sites (N-methyl/N-ethyl adjacent to an activating group) is 1. The molecule has 2 rings (SSSR count). The minimum atomic E-state index is 0.342. The largest absolute Gasteiger partial charge is 0.339 e. The molecule has 4 nitrogen and oxygen atoms in total. The van der Waals surface area contributed by atoms with Crippen LogP contribution in [0, 0.1) is 5.92 Å².